The van der Waals surface area contributed by atoms with E-state index in [2.05, 4.69) is 25.3 Å². The molecule has 0 bridgehead atoms. The predicted octanol–water partition coefficient (Wildman–Crippen LogP) is 1.27. The molecule has 0 aliphatic rings. The van der Waals surface area contributed by atoms with Gasteiger partial charge in [0.15, 0.2) is 0 Å². The molecule has 0 heterocycles. The number of esters is 2. The van der Waals surface area contributed by atoms with Gasteiger partial charge in [-0.25, -0.2) is 9.59 Å². The Morgan fingerprint density at radius 3 is 1.56 bits per heavy atom. The van der Waals surface area contributed by atoms with Crippen LogP contribution in [-0.4, -0.2) is 35.7 Å². The summed E-state index contributed by atoms with van der Waals surface area (Å²) in [5.41, 5.74) is 0. The highest BCUT2D eigenvalue weighted by Crippen LogP contribution is 1.96. The van der Waals surface area contributed by atoms with Crippen LogP contribution in [0.1, 0.15) is 13.8 Å². The Hall–Kier alpha value is -0.620. The molecule has 16 heavy (non-hydrogen) atoms. The van der Waals surface area contributed by atoms with Gasteiger partial charge in [0.1, 0.15) is 13.2 Å². The minimum absolute atomic E-state index is 0.0330. The van der Waals surface area contributed by atoms with Gasteiger partial charge in [-0.2, -0.15) is 25.3 Å². The van der Waals surface area contributed by atoms with Crippen molar-refractivity contribution in [3.63, 3.8) is 0 Å². The summed E-state index contributed by atoms with van der Waals surface area (Å²) in [6.45, 7) is 3.99. The molecule has 0 saturated carbocycles. The average Bonchev–Trinajstić information content (AvgIpc) is 2.20. The molecular formula is C10H16O4S2. The van der Waals surface area contributed by atoms with Crippen LogP contribution in [0, 0.1) is 0 Å². The molecule has 0 radical (unpaired) electrons. The van der Waals surface area contributed by atoms with Crippen LogP contribution in [-0.2, 0) is 19.1 Å². The summed E-state index contributed by atoms with van der Waals surface area (Å²) in [6.07, 6.45) is 2.06. The Kier molecular flexibility index (Phi) is 8.19. The fourth-order valence-electron chi connectivity index (χ4n) is 0.638. The van der Waals surface area contributed by atoms with Crippen molar-refractivity contribution in [1.29, 1.82) is 0 Å². The van der Waals surface area contributed by atoms with Crippen molar-refractivity contribution in [2.24, 2.45) is 0 Å². The summed E-state index contributed by atoms with van der Waals surface area (Å²) in [5.74, 6) is -1.17. The maximum atomic E-state index is 11.0. The molecule has 0 N–H and O–H groups in total. The Morgan fingerprint density at radius 1 is 1.00 bits per heavy atom. The lowest BCUT2D eigenvalue weighted by Gasteiger charge is -2.04. The fourth-order valence-corrected chi connectivity index (χ4v) is 0.787. The Morgan fingerprint density at radius 2 is 1.31 bits per heavy atom. The second-order valence-corrected chi connectivity index (χ2v) is 5.05. The molecule has 0 aromatic heterocycles. The number of hydrogen-bond acceptors (Lipinski definition) is 6. The first kappa shape index (κ1) is 15.4. The number of hydrogen-bond donors (Lipinski definition) is 2. The maximum absolute atomic E-state index is 11.0. The largest absolute Gasteiger partial charge is 0.461 e. The monoisotopic (exact) mass is 264 g/mol. The van der Waals surface area contributed by atoms with Crippen molar-refractivity contribution in [3.8, 4) is 0 Å². The minimum Gasteiger partial charge on any atom is -0.461 e. The van der Waals surface area contributed by atoms with E-state index in [1.807, 2.05) is 0 Å². The molecular weight excluding hydrogens is 248 g/mol. The molecule has 0 aromatic carbocycles. The van der Waals surface area contributed by atoms with Crippen LogP contribution in [0.15, 0.2) is 12.2 Å². The van der Waals surface area contributed by atoms with Crippen LogP contribution in [0.5, 0.6) is 0 Å². The van der Waals surface area contributed by atoms with E-state index in [9.17, 15) is 9.59 Å². The van der Waals surface area contributed by atoms with Gasteiger partial charge in [0.2, 0.25) is 0 Å². The van der Waals surface area contributed by atoms with Gasteiger partial charge in [0, 0.05) is 22.7 Å². The van der Waals surface area contributed by atoms with Gasteiger partial charge in [-0.15, -0.1) is 0 Å². The molecule has 92 valence electrons. The Labute approximate surface area is 106 Å². The standard InChI is InChI=1S/C10H16O4S2/c1-7(15)5-13-9(11)3-4-10(12)14-6-8(2)16/h3-4,7-8,15-16H,5-6H2,1-2H3/b4-3-. The van der Waals surface area contributed by atoms with E-state index in [-0.39, 0.29) is 23.7 Å². The maximum Gasteiger partial charge on any atom is 0.331 e. The van der Waals surface area contributed by atoms with Gasteiger partial charge in [0.25, 0.3) is 0 Å². The first-order valence-corrected chi connectivity index (χ1v) is 5.82. The highest BCUT2D eigenvalue weighted by atomic mass is 32.1. The van der Waals surface area contributed by atoms with E-state index >= 15 is 0 Å². The van der Waals surface area contributed by atoms with Gasteiger partial charge < -0.3 is 9.47 Å². The third-order valence-electron chi connectivity index (χ3n) is 1.29. The summed E-state index contributed by atoms with van der Waals surface area (Å²) >= 11 is 8.07. The van der Waals surface area contributed by atoms with Crippen molar-refractivity contribution in [3.05, 3.63) is 12.2 Å². The molecule has 0 rings (SSSR count). The third-order valence-corrected chi connectivity index (χ3v) is 1.59. The SMILES string of the molecule is CC(S)COC(=O)/C=C\C(=O)OCC(C)S. The zero-order valence-electron chi connectivity index (χ0n) is 9.25. The summed E-state index contributed by atoms with van der Waals surface area (Å²) in [7, 11) is 0. The quantitative estimate of drug-likeness (QED) is 0.431. The fraction of sp³-hybridized carbons (Fsp3) is 0.600. The number of carbonyl (C=O) groups is 2. The van der Waals surface area contributed by atoms with E-state index in [1.54, 1.807) is 13.8 Å². The summed E-state index contributed by atoms with van der Waals surface area (Å²) in [4.78, 5) is 22.0. The lowest BCUT2D eigenvalue weighted by molar-refractivity contribution is -0.140. The van der Waals surface area contributed by atoms with Crippen molar-refractivity contribution in [1.82, 2.24) is 0 Å². The van der Waals surface area contributed by atoms with Crippen molar-refractivity contribution < 1.29 is 19.1 Å². The second-order valence-electron chi connectivity index (χ2n) is 3.29. The second kappa shape index (κ2) is 8.52. The average molecular weight is 264 g/mol. The molecule has 0 amide bonds. The number of rotatable bonds is 6. The summed E-state index contributed by atoms with van der Waals surface area (Å²) in [6, 6.07) is 0. The Balaban J connectivity index is 3.80. The topological polar surface area (TPSA) is 52.6 Å². The van der Waals surface area contributed by atoms with Crippen LogP contribution in [0.25, 0.3) is 0 Å². The number of thiol groups is 2. The zero-order valence-corrected chi connectivity index (χ0v) is 11.0. The first-order chi connectivity index (χ1) is 7.41. The van der Waals surface area contributed by atoms with Crippen LogP contribution < -0.4 is 0 Å². The smallest absolute Gasteiger partial charge is 0.331 e. The van der Waals surface area contributed by atoms with Gasteiger partial charge in [-0.1, -0.05) is 13.8 Å². The summed E-state index contributed by atoms with van der Waals surface area (Å²) < 4.78 is 9.51. The minimum atomic E-state index is -0.586. The molecule has 2 atom stereocenters. The number of ether oxygens (including phenoxy) is 2. The lowest BCUT2D eigenvalue weighted by Crippen LogP contribution is -2.12. The van der Waals surface area contributed by atoms with Gasteiger partial charge in [0.05, 0.1) is 0 Å². The zero-order chi connectivity index (χ0) is 12.6. The van der Waals surface area contributed by atoms with Gasteiger partial charge in [-0.3, -0.25) is 0 Å². The van der Waals surface area contributed by atoms with Crippen LogP contribution in [0.3, 0.4) is 0 Å². The molecule has 2 unspecified atom stereocenters. The highest BCUT2D eigenvalue weighted by Gasteiger charge is 2.03. The molecule has 0 saturated heterocycles. The predicted molar refractivity (Wildman–Crippen MR) is 68.0 cm³/mol. The van der Waals surface area contributed by atoms with Crippen molar-refractivity contribution >= 4 is 37.2 Å². The van der Waals surface area contributed by atoms with E-state index in [1.165, 1.54) is 0 Å². The number of carbonyl (C=O) groups excluding carboxylic acids is 2. The van der Waals surface area contributed by atoms with E-state index < -0.39 is 11.9 Å². The van der Waals surface area contributed by atoms with Gasteiger partial charge in [-0.05, 0) is 0 Å². The van der Waals surface area contributed by atoms with Gasteiger partial charge >= 0.3 is 11.9 Å². The third kappa shape index (κ3) is 9.92. The molecule has 6 heteroatoms. The van der Waals surface area contributed by atoms with E-state index in [4.69, 9.17) is 9.47 Å². The first-order valence-electron chi connectivity index (χ1n) is 4.79. The van der Waals surface area contributed by atoms with E-state index in [0.717, 1.165) is 12.2 Å². The van der Waals surface area contributed by atoms with Crippen LogP contribution >= 0.6 is 25.3 Å². The molecule has 4 nitrogen and oxygen atoms in total. The van der Waals surface area contributed by atoms with Crippen molar-refractivity contribution in [2.75, 3.05) is 13.2 Å². The summed E-state index contributed by atoms with van der Waals surface area (Å²) in [5, 5.41) is -0.0660. The molecule has 0 aliphatic carbocycles. The molecule has 0 spiro atoms. The van der Waals surface area contributed by atoms with Crippen LogP contribution in [0.4, 0.5) is 0 Å². The highest BCUT2D eigenvalue weighted by molar-refractivity contribution is 7.81. The normalized spacial score (nSPS) is 14.5. The molecule has 0 aromatic rings. The van der Waals surface area contributed by atoms with Crippen molar-refractivity contribution in [2.45, 2.75) is 24.3 Å². The van der Waals surface area contributed by atoms with E-state index in [0.29, 0.717) is 0 Å². The lowest BCUT2D eigenvalue weighted by atomic mass is 10.4. The molecule has 0 fully saturated rings. The molecule has 0 aliphatic heterocycles. The van der Waals surface area contributed by atoms with Crippen LogP contribution in [0.2, 0.25) is 0 Å². The Bertz CT molecular complexity index is 236.